The number of amides is 1. The summed E-state index contributed by atoms with van der Waals surface area (Å²) >= 11 is 0. The van der Waals surface area contributed by atoms with E-state index in [0.717, 1.165) is 18.4 Å². The zero-order chi connectivity index (χ0) is 14.2. The molecule has 4 nitrogen and oxygen atoms in total. The van der Waals surface area contributed by atoms with E-state index in [9.17, 15) is 9.59 Å². The zero-order valence-electron chi connectivity index (χ0n) is 12.1. The lowest BCUT2D eigenvalue weighted by atomic mass is 9.88. The Kier molecular flexibility index (Phi) is 4.16. The van der Waals surface area contributed by atoms with Crippen molar-refractivity contribution in [2.24, 2.45) is 29.6 Å². The summed E-state index contributed by atoms with van der Waals surface area (Å²) in [6, 6.07) is 0. The molecule has 1 amide bonds. The normalized spacial score (nSPS) is 32.1. The molecule has 0 aromatic carbocycles. The molecular weight excluding hydrogens is 242 g/mol. The van der Waals surface area contributed by atoms with Crippen molar-refractivity contribution in [3.8, 4) is 0 Å². The highest BCUT2D eigenvalue weighted by atomic mass is 16.4. The molecule has 5 unspecified atom stereocenters. The summed E-state index contributed by atoms with van der Waals surface area (Å²) < 4.78 is 0. The molecule has 1 N–H and O–H groups in total. The van der Waals surface area contributed by atoms with Crippen LogP contribution >= 0.6 is 0 Å². The standard InChI is InChI=1S/C15H25NO3/c1-9(10(2)15(18)19)14(17)16(3)8-13-7-11-4-5-12(13)6-11/h9-13H,4-8H2,1-3H3,(H,18,19). The molecule has 0 spiro atoms. The average molecular weight is 267 g/mol. The fourth-order valence-electron chi connectivity index (χ4n) is 3.82. The number of carboxylic acids is 1. The van der Waals surface area contributed by atoms with Gasteiger partial charge in [-0.15, -0.1) is 0 Å². The van der Waals surface area contributed by atoms with Crippen LogP contribution in [0.25, 0.3) is 0 Å². The van der Waals surface area contributed by atoms with E-state index in [4.69, 9.17) is 5.11 Å². The lowest BCUT2D eigenvalue weighted by Crippen LogP contribution is -2.40. The molecule has 0 radical (unpaired) electrons. The molecule has 5 atom stereocenters. The van der Waals surface area contributed by atoms with Crippen LogP contribution in [-0.2, 0) is 9.59 Å². The Bertz CT molecular complexity index is 368. The van der Waals surface area contributed by atoms with Crippen LogP contribution in [0.1, 0.15) is 39.5 Å². The van der Waals surface area contributed by atoms with Crippen molar-refractivity contribution in [3.63, 3.8) is 0 Å². The lowest BCUT2D eigenvalue weighted by Gasteiger charge is -2.29. The van der Waals surface area contributed by atoms with Crippen molar-refractivity contribution in [3.05, 3.63) is 0 Å². The van der Waals surface area contributed by atoms with Crippen LogP contribution < -0.4 is 0 Å². The molecule has 2 rings (SSSR count). The third kappa shape index (κ3) is 2.93. The van der Waals surface area contributed by atoms with Gasteiger partial charge in [-0.05, 0) is 37.0 Å². The van der Waals surface area contributed by atoms with E-state index >= 15 is 0 Å². The summed E-state index contributed by atoms with van der Waals surface area (Å²) in [5.41, 5.74) is 0. The number of rotatable bonds is 5. The second-order valence-corrected chi connectivity index (χ2v) is 6.57. The largest absolute Gasteiger partial charge is 0.481 e. The SMILES string of the molecule is CC(C(=O)O)C(C)C(=O)N(C)CC1CC2CCC1C2. The summed E-state index contributed by atoms with van der Waals surface area (Å²) in [5.74, 6) is 0.337. The molecule has 0 saturated heterocycles. The number of carboxylic acid groups (broad SMARTS) is 1. The summed E-state index contributed by atoms with van der Waals surface area (Å²) in [7, 11) is 1.82. The van der Waals surface area contributed by atoms with Gasteiger partial charge in [-0.2, -0.15) is 0 Å². The zero-order valence-corrected chi connectivity index (χ0v) is 12.1. The van der Waals surface area contributed by atoms with E-state index in [-0.39, 0.29) is 5.91 Å². The van der Waals surface area contributed by atoms with E-state index in [0.29, 0.717) is 5.92 Å². The molecule has 19 heavy (non-hydrogen) atoms. The first kappa shape index (κ1) is 14.4. The quantitative estimate of drug-likeness (QED) is 0.831. The fraction of sp³-hybridized carbons (Fsp3) is 0.867. The molecule has 0 heterocycles. The van der Waals surface area contributed by atoms with Crippen LogP contribution in [-0.4, -0.2) is 35.5 Å². The molecular formula is C15H25NO3. The van der Waals surface area contributed by atoms with Gasteiger partial charge in [0.1, 0.15) is 0 Å². The Balaban J connectivity index is 1.87. The summed E-state index contributed by atoms with van der Waals surface area (Å²) in [6.45, 7) is 4.13. The Hall–Kier alpha value is -1.06. The van der Waals surface area contributed by atoms with Gasteiger partial charge in [0.25, 0.3) is 0 Å². The van der Waals surface area contributed by atoms with Gasteiger partial charge < -0.3 is 10.0 Å². The lowest BCUT2D eigenvalue weighted by molar-refractivity contribution is -0.148. The highest BCUT2D eigenvalue weighted by molar-refractivity contribution is 5.84. The second-order valence-electron chi connectivity index (χ2n) is 6.57. The number of fused-ring (bicyclic) bond motifs is 2. The van der Waals surface area contributed by atoms with Gasteiger partial charge in [0.2, 0.25) is 5.91 Å². The first-order valence-corrected chi connectivity index (χ1v) is 7.38. The van der Waals surface area contributed by atoms with Crippen molar-refractivity contribution in [1.29, 1.82) is 0 Å². The monoisotopic (exact) mass is 267 g/mol. The summed E-state index contributed by atoms with van der Waals surface area (Å²) in [5, 5.41) is 8.98. The van der Waals surface area contributed by atoms with Gasteiger partial charge in [-0.25, -0.2) is 0 Å². The predicted octanol–water partition coefficient (Wildman–Crippen LogP) is 2.24. The van der Waals surface area contributed by atoms with Crippen LogP contribution in [0.4, 0.5) is 0 Å². The first-order valence-electron chi connectivity index (χ1n) is 7.38. The Morgan fingerprint density at radius 1 is 1.21 bits per heavy atom. The van der Waals surface area contributed by atoms with Crippen molar-refractivity contribution in [2.75, 3.05) is 13.6 Å². The van der Waals surface area contributed by atoms with Gasteiger partial charge in [0, 0.05) is 19.5 Å². The van der Waals surface area contributed by atoms with E-state index in [2.05, 4.69) is 0 Å². The van der Waals surface area contributed by atoms with Crippen LogP contribution in [0.2, 0.25) is 0 Å². The molecule has 0 aromatic rings. The van der Waals surface area contributed by atoms with Crippen LogP contribution in [0.3, 0.4) is 0 Å². The minimum Gasteiger partial charge on any atom is -0.481 e. The number of carbonyl (C=O) groups excluding carboxylic acids is 1. The van der Waals surface area contributed by atoms with E-state index in [1.165, 1.54) is 25.7 Å². The maximum Gasteiger partial charge on any atom is 0.307 e. The average Bonchev–Trinajstić information content (AvgIpc) is 2.97. The Morgan fingerprint density at radius 2 is 1.89 bits per heavy atom. The van der Waals surface area contributed by atoms with Crippen molar-refractivity contribution >= 4 is 11.9 Å². The number of hydrogen-bond donors (Lipinski definition) is 1. The molecule has 2 saturated carbocycles. The molecule has 2 aliphatic carbocycles. The number of aliphatic carboxylic acids is 1. The predicted molar refractivity (Wildman–Crippen MR) is 72.5 cm³/mol. The van der Waals surface area contributed by atoms with Gasteiger partial charge in [0.15, 0.2) is 0 Å². The summed E-state index contributed by atoms with van der Waals surface area (Å²) in [4.78, 5) is 25.0. The second kappa shape index (κ2) is 5.51. The fourth-order valence-corrected chi connectivity index (χ4v) is 3.82. The molecule has 2 bridgehead atoms. The number of hydrogen-bond acceptors (Lipinski definition) is 2. The number of carbonyl (C=O) groups is 2. The van der Waals surface area contributed by atoms with Crippen LogP contribution in [0, 0.1) is 29.6 Å². The van der Waals surface area contributed by atoms with Gasteiger partial charge in [-0.3, -0.25) is 9.59 Å². The molecule has 2 aliphatic rings. The minimum absolute atomic E-state index is 0.0299. The maximum absolute atomic E-state index is 12.2. The van der Waals surface area contributed by atoms with Crippen LogP contribution in [0.15, 0.2) is 0 Å². The smallest absolute Gasteiger partial charge is 0.307 e. The van der Waals surface area contributed by atoms with E-state index in [1.54, 1.807) is 18.7 Å². The van der Waals surface area contributed by atoms with Gasteiger partial charge in [-0.1, -0.05) is 20.3 Å². The maximum atomic E-state index is 12.2. The van der Waals surface area contributed by atoms with Crippen molar-refractivity contribution < 1.29 is 14.7 Å². The molecule has 0 aromatic heterocycles. The van der Waals surface area contributed by atoms with Gasteiger partial charge >= 0.3 is 5.97 Å². The Morgan fingerprint density at radius 3 is 2.37 bits per heavy atom. The third-order valence-electron chi connectivity index (χ3n) is 5.30. The highest BCUT2D eigenvalue weighted by Crippen LogP contribution is 2.48. The van der Waals surface area contributed by atoms with Crippen molar-refractivity contribution in [1.82, 2.24) is 4.90 Å². The topological polar surface area (TPSA) is 57.6 Å². The highest BCUT2D eigenvalue weighted by Gasteiger charge is 2.40. The van der Waals surface area contributed by atoms with Crippen LogP contribution in [0.5, 0.6) is 0 Å². The molecule has 4 heteroatoms. The van der Waals surface area contributed by atoms with E-state index in [1.807, 2.05) is 7.05 Å². The van der Waals surface area contributed by atoms with E-state index < -0.39 is 17.8 Å². The molecule has 2 fully saturated rings. The van der Waals surface area contributed by atoms with Crippen molar-refractivity contribution in [2.45, 2.75) is 39.5 Å². The molecule has 108 valence electrons. The third-order valence-corrected chi connectivity index (χ3v) is 5.30. The van der Waals surface area contributed by atoms with Gasteiger partial charge in [0.05, 0.1) is 5.92 Å². The number of nitrogens with zero attached hydrogens (tertiary/aromatic N) is 1. The Labute approximate surface area is 115 Å². The molecule has 0 aliphatic heterocycles. The summed E-state index contributed by atoms with van der Waals surface area (Å²) in [6.07, 6.45) is 5.28. The first-order chi connectivity index (χ1) is 8.90. The minimum atomic E-state index is -0.894.